The number of hydrogen-bond donors (Lipinski definition) is 1. The first-order valence-corrected chi connectivity index (χ1v) is 18.2. The molecule has 52 heavy (non-hydrogen) atoms. The van der Waals surface area contributed by atoms with Crippen molar-refractivity contribution in [3.05, 3.63) is 130 Å². The summed E-state index contributed by atoms with van der Waals surface area (Å²) in [7, 11) is 0. The number of rotatable bonds is 11. The second-order valence-corrected chi connectivity index (χ2v) is 15.4. The Kier molecular flexibility index (Phi) is 15.3. The summed E-state index contributed by atoms with van der Waals surface area (Å²) < 4.78 is 11.0. The van der Waals surface area contributed by atoms with Crippen LogP contribution in [0, 0.1) is 10.8 Å². The summed E-state index contributed by atoms with van der Waals surface area (Å²) in [6.45, 7) is 22.0. The van der Waals surface area contributed by atoms with E-state index in [1.54, 1.807) is 11.8 Å². The zero-order chi connectivity index (χ0) is 38.6. The zero-order valence-electron chi connectivity index (χ0n) is 32.9. The van der Waals surface area contributed by atoms with Crippen LogP contribution in [0.4, 0.5) is 4.79 Å². The minimum atomic E-state index is -0.914. The SMILES string of the molecule is CC1=C(/C=C/C(C)=C/C=C/C(C)=C/C=C/C=C(C)/C=C/C=C(C)/C=C/C2=C(C)C(=O)C(OC(=O)N3CCOCC3)CC2(C)C)C(C)(C)CC(O)C1=O. The molecule has 1 heterocycles. The van der Waals surface area contributed by atoms with Gasteiger partial charge < -0.3 is 19.5 Å². The van der Waals surface area contributed by atoms with Gasteiger partial charge in [0.1, 0.15) is 6.10 Å². The maximum Gasteiger partial charge on any atom is 0.410 e. The lowest BCUT2D eigenvalue weighted by molar-refractivity contribution is -0.127. The van der Waals surface area contributed by atoms with Crippen LogP contribution in [0.2, 0.25) is 0 Å². The minimum Gasteiger partial charge on any atom is -0.438 e. The van der Waals surface area contributed by atoms with Gasteiger partial charge in [-0.25, -0.2) is 4.79 Å². The van der Waals surface area contributed by atoms with E-state index < -0.39 is 18.3 Å². The number of Topliss-reactive ketones (excluding diaryl/α,β-unsaturated/α-hetero) is 2. The average molecular weight is 710 g/mol. The van der Waals surface area contributed by atoms with Crippen molar-refractivity contribution in [2.45, 2.75) is 94.3 Å². The molecule has 7 nitrogen and oxygen atoms in total. The van der Waals surface area contributed by atoms with Gasteiger partial charge in [0.25, 0.3) is 0 Å². The van der Waals surface area contributed by atoms with Gasteiger partial charge in [0, 0.05) is 19.5 Å². The van der Waals surface area contributed by atoms with Gasteiger partial charge in [-0.3, -0.25) is 9.59 Å². The number of hydrogen-bond acceptors (Lipinski definition) is 6. The van der Waals surface area contributed by atoms with Crippen LogP contribution < -0.4 is 0 Å². The van der Waals surface area contributed by atoms with Gasteiger partial charge in [-0.2, -0.15) is 0 Å². The zero-order valence-corrected chi connectivity index (χ0v) is 32.9. The quantitative estimate of drug-likeness (QED) is 0.215. The lowest BCUT2D eigenvalue weighted by Gasteiger charge is -2.37. The van der Waals surface area contributed by atoms with Crippen LogP contribution in [0.3, 0.4) is 0 Å². The molecule has 1 aliphatic heterocycles. The number of carbonyl (C=O) groups is 3. The van der Waals surface area contributed by atoms with Crippen LogP contribution in [0.25, 0.3) is 0 Å². The van der Waals surface area contributed by atoms with Crippen molar-refractivity contribution in [3.8, 4) is 0 Å². The van der Waals surface area contributed by atoms with Gasteiger partial charge in [-0.1, -0.05) is 135 Å². The Morgan fingerprint density at radius 1 is 0.692 bits per heavy atom. The normalized spacial score (nSPS) is 24.2. The molecule has 1 amide bonds. The van der Waals surface area contributed by atoms with Crippen molar-refractivity contribution in [3.63, 3.8) is 0 Å². The highest BCUT2D eigenvalue weighted by Crippen LogP contribution is 2.41. The van der Waals surface area contributed by atoms with Gasteiger partial charge in [0.15, 0.2) is 17.7 Å². The van der Waals surface area contributed by atoms with Crippen LogP contribution in [0.1, 0.15) is 82.1 Å². The number of morpholine rings is 1. The molecule has 0 spiro atoms. The molecular weight excluding hydrogens is 650 g/mol. The molecule has 0 aromatic rings. The van der Waals surface area contributed by atoms with E-state index >= 15 is 0 Å². The number of carbonyl (C=O) groups excluding carboxylic acids is 3. The van der Waals surface area contributed by atoms with Crippen LogP contribution in [0.5, 0.6) is 0 Å². The van der Waals surface area contributed by atoms with E-state index in [0.29, 0.717) is 50.3 Å². The first-order chi connectivity index (χ1) is 24.4. The molecule has 0 saturated carbocycles. The van der Waals surface area contributed by atoms with E-state index in [0.717, 1.165) is 33.4 Å². The largest absolute Gasteiger partial charge is 0.438 e. The molecule has 2 unspecified atom stereocenters. The molecule has 1 N–H and O–H groups in total. The highest BCUT2D eigenvalue weighted by Gasteiger charge is 2.40. The summed E-state index contributed by atoms with van der Waals surface area (Å²) in [6.07, 6.45) is 27.1. The highest BCUT2D eigenvalue weighted by molar-refractivity contribution is 6.02. The van der Waals surface area contributed by atoms with Crippen LogP contribution in [-0.2, 0) is 19.1 Å². The van der Waals surface area contributed by atoms with Crippen LogP contribution >= 0.6 is 0 Å². The molecule has 3 aliphatic rings. The number of amides is 1. The third kappa shape index (κ3) is 12.1. The number of aliphatic hydroxyl groups excluding tert-OH is 1. The Hall–Kier alpha value is -4.33. The van der Waals surface area contributed by atoms with Gasteiger partial charge in [0.2, 0.25) is 0 Å². The number of aliphatic hydroxyl groups is 1. The lowest BCUT2D eigenvalue weighted by Crippen LogP contribution is -2.45. The first-order valence-electron chi connectivity index (χ1n) is 18.2. The van der Waals surface area contributed by atoms with E-state index in [1.165, 1.54) is 0 Å². The monoisotopic (exact) mass is 709 g/mol. The number of ether oxygens (including phenoxy) is 2. The van der Waals surface area contributed by atoms with E-state index in [4.69, 9.17) is 9.47 Å². The number of allylic oxidation sites excluding steroid dienone is 20. The standard InChI is InChI=1S/C45H59NO6/c1-31(17-13-19-33(3)21-23-37-35(5)41(48)39(47)29-44(37,7)8)15-11-12-16-32(2)18-14-20-34(4)22-24-38-36(6)42(49)40(30-45(38,9)10)52-43(50)46-25-27-51-28-26-46/h11-24,39-40,47H,25-30H2,1-10H3/b12-11+,17-13+,18-14+,23-21+,24-22+,31-15+,32-16+,33-19+,34-20+. The molecule has 1 fully saturated rings. The van der Waals surface area contributed by atoms with Gasteiger partial charge in [-0.05, 0) is 81.1 Å². The smallest absolute Gasteiger partial charge is 0.410 e. The van der Waals surface area contributed by atoms with Crippen molar-refractivity contribution in [2.24, 2.45) is 10.8 Å². The molecule has 280 valence electrons. The summed E-state index contributed by atoms with van der Waals surface area (Å²) >= 11 is 0. The molecule has 0 aromatic heterocycles. The van der Waals surface area contributed by atoms with Gasteiger partial charge >= 0.3 is 6.09 Å². The van der Waals surface area contributed by atoms with Crippen LogP contribution in [-0.4, -0.2) is 66.2 Å². The Morgan fingerprint density at radius 2 is 1.12 bits per heavy atom. The second kappa shape index (κ2) is 19.0. The van der Waals surface area contributed by atoms with E-state index in [9.17, 15) is 19.5 Å². The fourth-order valence-electron chi connectivity index (χ4n) is 6.63. The highest BCUT2D eigenvalue weighted by atomic mass is 16.6. The second-order valence-electron chi connectivity index (χ2n) is 15.4. The molecule has 1 saturated heterocycles. The summed E-state index contributed by atoms with van der Waals surface area (Å²) in [6, 6.07) is 0. The van der Waals surface area contributed by atoms with E-state index in [-0.39, 0.29) is 22.4 Å². The summed E-state index contributed by atoms with van der Waals surface area (Å²) in [5, 5.41) is 10.1. The van der Waals surface area contributed by atoms with E-state index in [1.807, 2.05) is 88.5 Å². The van der Waals surface area contributed by atoms with E-state index in [2.05, 4.69) is 58.9 Å². The molecule has 7 heteroatoms. The molecule has 0 radical (unpaired) electrons. The summed E-state index contributed by atoms with van der Waals surface area (Å²) in [4.78, 5) is 39.7. The Bertz CT molecular complexity index is 1710. The van der Waals surface area contributed by atoms with Gasteiger partial charge in [-0.15, -0.1) is 0 Å². The summed E-state index contributed by atoms with van der Waals surface area (Å²) in [5.41, 5.74) is 6.96. The molecular formula is C45H59NO6. The predicted molar refractivity (Wildman–Crippen MR) is 212 cm³/mol. The first kappa shape index (κ1) is 42.1. The fourth-order valence-corrected chi connectivity index (χ4v) is 6.63. The average Bonchev–Trinajstić information content (AvgIpc) is 3.07. The van der Waals surface area contributed by atoms with Crippen LogP contribution in [0.15, 0.2) is 130 Å². The fraction of sp³-hybridized carbons (Fsp3) is 0.444. The third-order valence-electron chi connectivity index (χ3n) is 9.80. The van der Waals surface area contributed by atoms with Crippen molar-refractivity contribution in [1.82, 2.24) is 4.90 Å². The molecule has 2 atom stereocenters. The third-order valence-corrected chi connectivity index (χ3v) is 9.80. The Morgan fingerprint density at radius 3 is 1.62 bits per heavy atom. The molecule has 0 aromatic carbocycles. The summed E-state index contributed by atoms with van der Waals surface area (Å²) in [5.74, 6) is -0.316. The molecule has 3 rings (SSSR count). The van der Waals surface area contributed by atoms with Crippen molar-refractivity contribution in [1.29, 1.82) is 0 Å². The maximum atomic E-state index is 13.2. The van der Waals surface area contributed by atoms with Crippen molar-refractivity contribution >= 4 is 17.7 Å². The minimum absolute atomic E-state index is 0.136. The Labute approximate surface area is 311 Å². The van der Waals surface area contributed by atoms with Crippen molar-refractivity contribution < 1.29 is 29.0 Å². The maximum absolute atomic E-state index is 13.2. The lowest BCUT2D eigenvalue weighted by atomic mass is 9.71. The number of ketones is 2. The molecule has 2 aliphatic carbocycles. The Balaban J connectivity index is 1.53. The van der Waals surface area contributed by atoms with Crippen molar-refractivity contribution in [2.75, 3.05) is 26.3 Å². The van der Waals surface area contributed by atoms with Gasteiger partial charge in [0.05, 0.1) is 13.2 Å². The topological polar surface area (TPSA) is 93.1 Å². The predicted octanol–water partition coefficient (Wildman–Crippen LogP) is 9.38. The molecule has 0 bridgehead atoms. The number of nitrogens with zero attached hydrogens (tertiary/aromatic N) is 1.